The molecule has 7 nitrogen and oxygen atoms in total. The van der Waals surface area contributed by atoms with Crippen LogP contribution in [0, 0.1) is 6.92 Å². The largest absolute Gasteiger partial charge is 0.329 e. The van der Waals surface area contributed by atoms with Crippen molar-refractivity contribution < 1.29 is 4.79 Å². The van der Waals surface area contributed by atoms with Crippen molar-refractivity contribution in [1.82, 2.24) is 24.3 Å². The van der Waals surface area contributed by atoms with Crippen LogP contribution in [0.1, 0.15) is 35.9 Å². The number of carbonyl (C=O) groups is 1. The van der Waals surface area contributed by atoms with Gasteiger partial charge >= 0.3 is 0 Å². The van der Waals surface area contributed by atoms with Crippen molar-refractivity contribution in [3.63, 3.8) is 0 Å². The lowest BCUT2D eigenvalue weighted by Gasteiger charge is -2.12. The number of para-hydroxylation sites is 1. The summed E-state index contributed by atoms with van der Waals surface area (Å²) in [4.78, 5) is 22.9. The molecule has 29 heavy (non-hydrogen) atoms. The standard InChI is InChI=1S/C21H22N6OS/c1-13(2)27-19-15(12-23-27)11-16(14(3)24-19)20(28)25-17-7-5-6-8-18(17)29-21-22-9-10-26(21)4/h5-13H,1-4H3,(H,25,28). The van der Waals surface area contributed by atoms with Crippen LogP contribution >= 0.6 is 11.8 Å². The number of pyridine rings is 1. The van der Waals surface area contributed by atoms with E-state index in [1.807, 2.05) is 59.7 Å². The van der Waals surface area contributed by atoms with Gasteiger partial charge in [-0.25, -0.2) is 14.6 Å². The summed E-state index contributed by atoms with van der Waals surface area (Å²) in [7, 11) is 1.94. The van der Waals surface area contributed by atoms with Gasteiger partial charge in [-0.1, -0.05) is 12.1 Å². The summed E-state index contributed by atoms with van der Waals surface area (Å²) >= 11 is 1.51. The second-order valence-electron chi connectivity index (χ2n) is 7.09. The van der Waals surface area contributed by atoms with Crippen LogP contribution in [0.2, 0.25) is 0 Å². The molecule has 0 atom stereocenters. The highest BCUT2D eigenvalue weighted by Gasteiger charge is 2.17. The van der Waals surface area contributed by atoms with Gasteiger partial charge in [-0.05, 0) is 50.7 Å². The Morgan fingerprint density at radius 3 is 2.76 bits per heavy atom. The van der Waals surface area contributed by atoms with Crippen molar-refractivity contribution in [1.29, 1.82) is 0 Å². The lowest BCUT2D eigenvalue weighted by molar-refractivity contribution is 0.102. The molecule has 0 aliphatic carbocycles. The fraction of sp³-hybridized carbons (Fsp3) is 0.238. The Morgan fingerprint density at radius 1 is 1.24 bits per heavy atom. The van der Waals surface area contributed by atoms with Gasteiger partial charge < -0.3 is 9.88 Å². The molecule has 4 rings (SSSR count). The first-order chi connectivity index (χ1) is 13.9. The zero-order chi connectivity index (χ0) is 20.5. The number of nitrogens with zero attached hydrogens (tertiary/aromatic N) is 5. The summed E-state index contributed by atoms with van der Waals surface area (Å²) in [6.07, 6.45) is 5.40. The minimum atomic E-state index is -0.193. The summed E-state index contributed by atoms with van der Waals surface area (Å²) in [6.45, 7) is 5.96. The molecule has 1 N–H and O–H groups in total. The summed E-state index contributed by atoms with van der Waals surface area (Å²) < 4.78 is 3.81. The average molecular weight is 407 g/mol. The highest BCUT2D eigenvalue weighted by atomic mass is 32.2. The van der Waals surface area contributed by atoms with Crippen molar-refractivity contribution in [3.8, 4) is 0 Å². The highest BCUT2D eigenvalue weighted by Crippen LogP contribution is 2.32. The van der Waals surface area contributed by atoms with Gasteiger partial charge in [-0.15, -0.1) is 0 Å². The van der Waals surface area contributed by atoms with E-state index < -0.39 is 0 Å². The zero-order valence-electron chi connectivity index (χ0n) is 16.7. The Balaban J connectivity index is 1.63. The Morgan fingerprint density at radius 2 is 2.03 bits per heavy atom. The number of carbonyl (C=O) groups excluding carboxylic acids is 1. The molecule has 0 saturated carbocycles. The van der Waals surface area contributed by atoms with Crippen LogP contribution in [0.15, 0.2) is 59.0 Å². The first-order valence-corrected chi connectivity index (χ1v) is 10.2. The van der Waals surface area contributed by atoms with Gasteiger partial charge in [0, 0.05) is 35.8 Å². The maximum Gasteiger partial charge on any atom is 0.257 e. The molecule has 8 heteroatoms. The van der Waals surface area contributed by atoms with Crippen molar-refractivity contribution in [2.75, 3.05) is 5.32 Å². The molecule has 0 saturated heterocycles. The van der Waals surface area contributed by atoms with Crippen molar-refractivity contribution in [2.24, 2.45) is 7.05 Å². The monoisotopic (exact) mass is 406 g/mol. The second kappa shape index (κ2) is 7.71. The summed E-state index contributed by atoms with van der Waals surface area (Å²) in [6, 6.07) is 9.76. The van der Waals surface area contributed by atoms with E-state index >= 15 is 0 Å². The Bertz CT molecular complexity index is 1190. The van der Waals surface area contributed by atoms with Gasteiger partial charge in [-0.3, -0.25) is 4.79 Å². The first kappa shape index (κ1) is 19.2. The minimum absolute atomic E-state index is 0.193. The second-order valence-corrected chi connectivity index (χ2v) is 8.10. The van der Waals surface area contributed by atoms with Gasteiger partial charge in [0.2, 0.25) is 0 Å². The number of hydrogen-bond acceptors (Lipinski definition) is 5. The van der Waals surface area contributed by atoms with E-state index in [1.165, 1.54) is 11.8 Å². The van der Waals surface area contributed by atoms with Gasteiger partial charge in [0.1, 0.15) is 0 Å². The SMILES string of the molecule is Cc1nc2c(cnn2C(C)C)cc1C(=O)Nc1ccccc1Sc1nccn1C. The topological polar surface area (TPSA) is 77.6 Å². The molecule has 4 aromatic rings. The Labute approximate surface area is 173 Å². The quantitative estimate of drug-likeness (QED) is 0.529. The van der Waals surface area contributed by atoms with Crippen LogP contribution in [0.25, 0.3) is 11.0 Å². The van der Waals surface area contributed by atoms with E-state index in [4.69, 9.17) is 0 Å². The Kier molecular flexibility index (Phi) is 5.10. The smallest absolute Gasteiger partial charge is 0.257 e. The van der Waals surface area contributed by atoms with E-state index in [1.54, 1.807) is 12.4 Å². The maximum atomic E-state index is 13.0. The van der Waals surface area contributed by atoms with Crippen molar-refractivity contribution in [2.45, 2.75) is 36.9 Å². The molecule has 148 valence electrons. The molecule has 0 aliphatic heterocycles. The van der Waals surface area contributed by atoms with Crippen LogP contribution in [-0.4, -0.2) is 30.2 Å². The highest BCUT2D eigenvalue weighted by molar-refractivity contribution is 7.99. The fourth-order valence-electron chi connectivity index (χ4n) is 3.07. The van der Waals surface area contributed by atoms with E-state index in [2.05, 4.69) is 34.2 Å². The molecule has 0 radical (unpaired) electrons. The molecular formula is C21H22N6OS. The van der Waals surface area contributed by atoms with Gasteiger partial charge in [0.05, 0.1) is 23.1 Å². The molecule has 1 amide bonds. The van der Waals surface area contributed by atoms with Crippen LogP contribution < -0.4 is 5.32 Å². The summed E-state index contributed by atoms with van der Waals surface area (Å²) in [5, 5.41) is 9.13. The normalized spacial score (nSPS) is 11.3. The van der Waals surface area contributed by atoms with Crippen LogP contribution in [0.4, 0.5) is 5.69 Å². The molecule has 0 bridgehead atoms. The molecule has 1 aromatic carbocycles. The van der Waals surface area contributed by atoms with Crippen LogP contribution in [0.3, 0.4) is 0 Å². The molecule has 3 heterocycles. The van der Waals surface area contributed by atoms with E-state index in [-0.39, 0.29) is 11.9 Å². The van der Waals surface area contributed by atoms with Gasteiger partial charge in [0.15, 0.2) is 10.8 Å². The number of amides is 1. The number of benzene rings is 1. The van der Waals surface area contributed by atoms with Gasteiger partial charge in [-0.2, -0.15) is 5.10 Å². The molecule has 0 unspecified atom stereocenters. The number of anilines is 1. The molecule has 0 spiro atoms. The van der Waals surface area contributed by atoms with E-state index in [0.29, 0.717) is 11.3 Å². The van der Waals surface area contributed by atoms with Crippen molar-refractivity contribution >= 4 is 34.4 Å². The van der Waals surface area contributed by atoms with Crippen LogP contribution in [0.5, 0.6) is 0 Å². The third-order valence-electron chi connectivity index (χ3n) is 4.61. The number of fused-ring (bicyclic) bond motifs is 1. The predicted octanol–water partition coefficient (Wildman–Crippen LogP) is 4.46. The number of rotatable bonds is 5. The summed E-state index contributed by atoms with van der Waals surface area (Å²) in [5.74, 6) is -0.193. The number of imidazole rings is 1. The van der Waals surface area contributed by atoms with E-state index in [9.17, 15) is 4.79 Å². The minimum Gasteiger partial charge on any atom is -0.329 e. The molecule has 0 aliphatic rings. The predicted molar refractivity (Wildman–Crippen MR) is 114 cm³/mol. The lowest BCUT2D eigenvalue weighted by Crippen LogP contribution is -2.15. The molecule has 0 fully saturated rings. The lowest BCUT2D eigenvalue weighted by atomic mass is 10.1. The van der Waals surface area contributed by atoms with E-state index in [0.717, 1.165) is 26.8 Å². The zero-order valence-corrected chi connectivity index (χ0v) is 17.6. The maximum absolute atomic E-state index is 13.0. The first-order valence-electron chi connectivity index (χ1n) is 9.34. The third-order valence-corrected chi connectivity index (χ3v) is 5.76. The Hall–Kier alpha value is -3.13. The summed E-state index contributed by atoms with van der Waals surface area (Å²) in [5.41, 5.74) is 2.74. The number of aryl methyl sites for hydroxylation is 2. The third kappa shape index (κ3) is 3.75. The van der Waals surface area contributed by atoms with Crippen molar-refractivity contribution in [3.05, 3.63) is 60.2 Å². The average Bonchev–Trinajstić information content (AvgIpc) is 3.28. The number of nitrogens with one attached hydrogen (secondary N) is 1. The molecular weight excluding hydrogens is 384 g/mol. The number of aromatic nitrogens is 5. The fourth-order valence-corrected chi connectivity index (χ4v) is 3.96. The van der Waals surface area contributed by atoms with Gasteiger partial charge in [0.25, 0.3) is 5.91 Å². The number of hydrogen-bond donors (Lipinski definition) is 1. The van der Waals surface area contributed by atoms with Crippen LogP contribution in [-0.2, 0) is 7.05 Å². The molecule has 3 aromatic heterocycles.